The van der Waals surface area contributed by atoms with Crippen LogP contribution in [-0.2, 0) is 7.05 Å². The highest BCUT2D eigenvalue weighted by molar-refractivity contribution is 5.10. The first-order valence-corrected chi connectivity index (χ1v) is 7.09. The standard InChI is InChI=1S/C14H26N4/c1-11(2)18-9-5-4-6-12(10-15)14(18)13-7-8-16-17(13)3/h7-8,11-12,14H,4-6,9-10,15H2,1-3H3. The molecular formula is C14H26N4. The molecule has 2 atom stereocenters. The van der Waals surface area contributed by atoms with E-state index in [1.807, 2.05) is 17.9 Å². The molecule has 0 amide bonds. The third-order valence-electron chi connectivity index (χ3n) is 4.17. The first kappa shape index (κ1) is 13.6. The molecule has 102 valence electrons. The van der Waals surface area contributed by atoms with Gasteiger partial charge in [0.25, 0.3) is 0 Å². The van der Waals surface area contributed by atoms with E-state index in [4.69, 9.17) is 5.73 Å². The predicted molar refractivity (Wildman–Crippen MR) is 74.2 cm³/mol. The molecule has 4 nitrogen and oxygen atoms in total. The van der Waals surface area contributed by atoms with E-state index in [2.05, 4.69) is 29.9 Å². The van der Waals surface area contributed by atoms with Crippen LogP contribution in [0.2, 0.25) is 0 Å². The molecule has 2 N–H and O–H groups in total. The molecule has 0 saturated carbocycles. The van der Waals surface area contributed by atoms with Crippen LogP contribution < -0.4 is 5.73 Å². The van der Waals surface area contributed by atoms with Crippen LogP contribution in [0.4, 0.5) is 0 Å². The van der Waals surface area contributed by atoms with Crippen molar-refractivity contribution in [1.29, 1.82) is 0 Å². The van der Waals surface area contributed by atoms with Gasteiger partial charge in [0.1, 0.15) is 0 Å². The zero-order valence-electron chi connectivity index (χ0n) is 11.8. The van der Waals surface area contributed by atoms with Crippen molar-refractivity contribution in [2.45, 2.75) is 45.2 Å². The second-order valence-corrected chi connectivity index (χ2v) is 5.65. The van der Waals surface area contributed by atoms with Gasteiger partial charge in [0.2, 0.25) is 0 Å². The SMILES string of the molecule is CC(C)N1CCCCC(CN)C1c1ccnn1C. The fraction of sp³-hybridized carbons (Fsp3) is 0.786. The maximum atomic E-state index is 6.03. The van der Waals surface area contributed by atoms with Crippen LogP contribution >= 0.6 is 0 Å². The summed E-state index contributed by atoms with van der Waals surface area (Å²) in [4.78, 5) is 2.60. The van der Waals surface area contributed by atoms with Crippen LogP contribution in [0.25, 0.3) is 0 Å². The largest absolute Gasteiger partial charge is 0.330 e. The quantitative estimate of drug-likeness (QED) is 0.891. The molecule has 1 aliphatic rings. The van der Waals surface area contributed by atoms with E-state index >= 15 is 0 Å². The highest BCUT2D eigenvalue weighted by atomic mass is 15.3. The van der Waals surface area contributed by atoms with Gasteiger partial charge in [-0.2, -0.15) is 5.10 Å². The van der Waals surface area contributed by atoms with E-state index in [-0.39, 0.29) is 0 Å². The van der Waals surface area contributed by atoms with E-state index in [1.54, 1.807) is 0 Å². The average Bonchev–Trinajstić information content (AvgIpc) is 2.64. The van der Waals surface area contributed by atoms with Gasteiger partial charge in [-0.25, -0.2) is 0 Å². The first-order chi connectivity index (χ1) is 8.65. The molecule has 0 spiro atoms. The molecule has 1 aromatic rings. The van der Waals surface area contributed by atoms with Crippen molar-refractivity contribution < 1.29 is 0 Å². The molecule has 1 saturated heterocycles. The Morgan fingerprint density at radius 3 is 2.78 bits per heavy atom. The van der Waals surface area contributed by atoms with E-state index < -0.39 is 0 Å². The van der Waals surface area contributed by atoms with Gasteiger partial charge in [0, 0.05) is 19.3 Å². The zero-order valence-corrected chi connectivity index (χ0v) is 11.8. The van der Waals surface area contributed by atoms with Gasteiger partial charge in [-0.1, -0.05) is 6.42 Å². The Hall–Kier alpha value is -0.870. The Labute approximate surface area is 110 Å². The topological polar surface area (TPSA) is 47.1 Å². The summed E-state index contributed by atoms with van der Waals surface area (Å²) in [5, 5.41) is 4.33. The summed E-state index contributed by atoms with van der Waals surface area (Å²) >= 11 is 0. The molecule has 1 aromatic heterocycles. The lowest BCUT2D eigenvalue weighted by atomic mass is 9.91. The molecule has 0 aromatic carbocycles. The number of likely N-dealkylation sites (tertiary alicyclic amines) is 1. The Morgan fingerprint density at radius 2 is 2.22 bits per heavy atom. The molecule has 4 heteroatoms. The lowest BCUT2D eigenvalue weighted by Gasteiger charge is -2.37. The number of hydrogen-bond acceptors (Lipinski definition) is 3. The number of rotatable bonds is 3. The predicted octanol–water partition coefficient (Wildman–Crippen LogP) is 1.93. The molecule has 1 aliphatic heterocycles. The molecule has 18 heavy (non-hydrogen) atoms. The van der Waals surface area contributed by atoms with Gasteiger partial charge < -0.3 is 5.73 Å². The highest BCUT2D eigenvalue weighted by Crippen LogP contribution is 2.35. The lowest BCUT2D eigenvalue weighted by molar-refractivity contribution is 0.115. The van der Waals surface area contributed by atoms with Crippen molar-refractivity contribution in [1.82, 2.24) is 14.7 Å². The van der Waals surface area contributed by atoms with Crippen molar-refractivity contribution in [2.75, 3.05) is 13.1 Å². The molecule has 0 bridgehead atoms. The molecule has 0 radical (unpaired) electrons. The minimum atomic E-state index is 0.421. The zero-order chi connectivity index (χ0) is 13.1. The molecule has 2 heterocycles. The van der Waals surface area contributed by atoms with E-state index in [0.717, 1.165) is 6.54 Å². The van der Waals surface area contributed by atoms with Crippen LogP contribution in [-0.4, -0.2) is 33.8 Å². The summed E-state index contributed by atoms with van der Waals surface area (Å²) in [6.07, 6.45) is 5.70. The van der Waals surface area contributed by atoms with Crippen LogP contribution in [0, 0.1) is 5.92 Å². The molecule has 0 aliphatic carbocycles. The fourth-order valence-corrected chi connectivity index (χ4v) is 3.18. The van der Waals surface area contributed by atoms with E-state index in [9.17, 15) is 0 Å². The summed E-state index contributed by atoms with van der Waals surface area (Å²) in [5.41, 5.74) is 7.33. The minimum Gasteiger partial charge on any atom is -0.330 e. The smallest absolute Gasteiger partial charge is 0.0560 e. The minimum absolute atomic E-state index is 0.421. The Morgan fingerprint density at radius 1 is 1.44 bits per heavy atom. The maximum Gasteiger partial charge on any atom is 0.0560 e. The molecular weight excluding hydrogens is 224 g/mol. The maximum absolute atomic E-state index is 6.03. The summed E-state index contributed by atoms with van der Waals surface area (Å²) < 4.78 is 2.01. The Bertz CT molecular complexity index is 372. The van der Waals surface area contributed by atoms with Gasteiger partial charge in [-0.3, -0.25) is 9.58 Å². The van der Waals surface area contributed by atoms with Gasteiger partial charge in [0.15, 0.2) is 0 Å². The van der Waals surface area contributed by atoms with Crippen molar-refractivity contribution in [3.05, 3.63) is 18.0 Å². The van der Waals surface area contributed by atoms with Crippen LogP contribution in [0.15, 0.2) is 12.3 Å². The number of hydrogen-bond donors (Lipinski definition) is 1. The Balaban J connectivity index is 2.35. The van der Waals surface area contributed by atoms with Crippen LogP contribution in [0.5, 0.6) is 0 Å². The monoisotopic (exact) mass is 250 g/mol. The van der Waals surface area contributed by atoms with Crippen molar-refractivity contribution in [2.24, 2.45) is 18.7 Å². The number of aryl methyl sites for hydroxylation is 1. The Kier molecular flexibility index (Phi) is 4.40. The van der Waals surface area contributed by atoms with Gasteiger partial charge in [-0.15, -0.1) is 0 Å². The number of nitrogens with two attached hydrogens (primary N) is 1. The molecule has 1 fully saturated rings. The molecule has 2 rings (SSSR count). The second kappa shape index (κ2) is 5.85. The van der Waals surface area contributed by atoms with Gasteiger partial charge in [-0.05, 0) is 51.8 Å². The van der Waals surface area contributed by atoms with Gasteiger partial charge >= 0.3 is 0 Å². The lowest BCUT2D eigenvalue weighted by Crippen LogP contribution is -2.40. The number of nitrogens with zero attached hydrogens (tertiary/aromatic N) is 3. The van der Waals surface area contributed by atoms with Crippen molar-refractivity contribution in [3.8, 4) is 0 Å². The third-order valence-corrected chi connectivity index (χ3v) is 4.17. The fourth-order valence-electron chi connectivity index (χ4n) is 3.18. The highest BCUT2D eigenvalue weighted by Gasteiger charge is 2.33. The van der Waals surface area contributed by atoms with Crippen molar-refractivity contribution >= 4 is 0 Å². The number of aromatic nitrogens is 2. The normalized spacial score (nSPS) is 26.5. The summed E-state index contributed by atoms with van der Waals surface area (Å²) in [5.74, 6) is 0.547. The first-order valence-electron chi connectivity index (χ1n) is 7.09. The summed E-state index contributed by atoms with van der Waals surface area (Å²) in [6, 6.07) is 3.12. The van der Waals surface area contributed by atoms with E-state index in [1.165, 1.54) is 31.5 Å². The van der Waals surface area contributed by atoms with Crippen LogP contribution in [0.1, 0.15) is 44.8 Å². The summed E-state index contributed by atoms with van der Waals surface area (Å²) in [7, 11) is 2.03. The van der Waals surface area contributed by atoms with Crippen molar-refractivity contribution in [3.63, 3.8) is 0 Å². The third kappa shape index (κ3) is 2.59. The average molecular weight is 250 g/mol. The van der Waals surface area contributed by atoms with Crippen LogP contribution in [0.3, 0.4) is 0 Å². The summed E-state index contributed by atoms with van der Waals surface area (Å²) in [6.45, 7) is 6.49. The second-order valence-electron chi connectivity index (χ2n) is 5.65. The van der Waals surface area contributed by atoms with Gasteiger partial charge in [0.05, 0.1) is 11.7 Å². The molecule has 2 unspecified atom stereocenters. The van der Waals surface area contributed by atoms with E-state index in [0.29, 0.717) is 18.0 Å².